The maximum Gasteiger partial charge on any atom is 0.0767 e. The summed E-state index contributed by atoms with van der Waals surface area (Å²) in [5, 5.41) is 5.09. The Morgan fingerprint density at radius 3 is 2.40 bits per heavy atom. The summed E-state index contributed by atoms with van der Waals surface area (Å²) in [7, 11) is 0. The third-order valence-electron chi connectivity index (χ3n) is 3.18. The summed E-state index contributed by atoms with van der Waals surface area (Å²) in [6, 6.07) is 17.9. The summed E-state index contributed by atoms with van der Waals surface area (Å²) in [6.45, 7) is 0. The van der Waals surface area contributed by atoms with Crippen molar-refractivity contribution in [2.75, 3.05) is 5.84 Å². The summed E-state index contributed by atoms with van der Waals surface area (Å²) < 4.78 is 0. The van der Waals surface area contributed by atoms with Crippen LogP contribution >= 0.6 is 11.6 Å². The van der Waals surface area contributed by atoms with Crippen LogP contribution in [-0.4, -0.2) is 9.89 Å². The average molecular weight is 284 g/mol. The minimum Gasteiger partial charge on any atom is -0.323 e. The Hall–Kier alpha value is -2.26. The Kier molecular flexibility index (Phi) is 3.44. The average Bonchev–Trinajstić information content (AvgIpc) is 2.81. The number of nitrogens with zero attached hydrogens (tertiary/aromatic N) is 2. The van der Waals surface area contributed by atoms with Crippen LogP contribution in [0.2, 0.25) is 5.02 Å². The summed E-state index contributed by atoms with van der Waals surface area (Å²) in [6.07, 6.45) is 2.59. The molecule has 0 atom stereocenters. The van der Waals surface area contributed by atoms with Gasteiger partial charge in [0, 0.05) is 17.0 Å². The molecule has 0 saturated carbocycles. The van der Waals surface area contributed by atoms with Crippen LogP contribution in [0.25, 0.3) is 11.1 Å². The van der Waals surface area contributed by atoms with Crippen molar-refractivity contribution in [3.05, 3.63) is 77.1 Å². The van der Waals surface area contributed by atoms with Gasteiger partial charge in [0.05, 0.1) is 11.9 Å². The lowest BCUT2D eigenvalue weighted by Gasteiger charge is -2.03. The van der Waals surface area contributed by atoms with Gasteiger partial charge >= 0.3 is 0 Å². The van der Waals surface area contributed by atoms with Crippen LogP contribution in [0, 0.1) is 0 Å². The SMILES string of the molecule is Nn1cc(-c2ccc(Cl)cc2)c(Cc2ccccc2)n1. The maximum atomic E-state index is 5.93. The quantitative estimate of drug-likeness (QED) is 0.748. The van der Waals surface area contributed by atoms with Crippen LogP contribution in [0.15, 0.2) is 60.8 Å². The Bertz CT molecular complexity index is 702. The largest absolute Gasteiger partial charge is 0.323 e. The second kappa shape index (κ2) is 5.39. The summed E-state index contributed by atoms with van der Waals surface area (Å²) in [5.41, 5.74) is 4.27. The smallest absolute Gasteiger partial charge is 0.0767 e. The molecule has 2 aromatic carbocycles. The topological polar surface area (TPSA) is 43.8 Å². The fourth-order valence-electron chi connectivity index (χ4n) is 2.22. The van der Waals surface area contributed by atoms with Gasteiger partial charge in [-0.25, -0.2) is 0 Å². The van der Waals surface area contributed by atoms with Crippen molar-refractivity contribution in [3.63, 3.8) is 0 Å². The van der Waals surface area contributed by atoms with E-state index < -0.39 is 0 Å². The van der Waals surface area contributed by atoms with Crippen molar-refractivity contribution in [2.24, 2.45) is 0 Å². The summed E-state index contributed by atoms with van der Waals surface area (Å²) in [5.74, 6) is 5.78. The Morgan fingerprint density at radius 1 is 1.00 bits per heavy atom. The lowest BCUT2D eigenvalue weighted by atomic mass is 10.0. The predicted octanol–water partition coefficient (Wildman–Crippen LogP) is 3.51. The highest BCUT2D eigenvalue weighted by Crippen LogP contribution is 2.25. The maximum absolute atomic E-state index is 5.93. The highest BCUT2D eigenvalue weighted by Gasteiger charge is 2.11. The lowest BCUT2D eigenvalue weighted by molar-refractivity contribution is 0.806. The third kappa shape index (κ3) is 2.68. The van der Waals surface area contributed by atoms with Gasteiger partial charge in [-0.15, -0.1) is 0 Å². The first-order valence-corrected chi connectivity index (χ1v) is 6.73. The van der Waals surface area contributed by atoms with E-state index in [-0.39, 0.29) is 0 Å². The van der Waals surface area contributed by atoms with Crippen LogP contribution in [-0.2, 0) is 6.42 Å². The molecule has 0 fully saturated rings. The number of nitrogen functional groups attached to an aromatic ring is 1. The first-order chi connectivity index (χ1) is 9.72. The minimum atomic E-state index is 0.721. The first-order valence-electron chi connectivity index (χ1n) is 6.36. The number of halogens is 1. The fourth-order valence-corrected chi connectivity index (χ4v) is 2.35. The van der Waals surface area contributed by atoms with E-state index in [2.05, 4.69) is 17.2 Å². The van der Waals surface area contributed by atoms with E-state index in [1.807, 2.05) is 48.7 Å². The monoisotopic (exact) mass is 283 g/mol. The molecule has 3 nitrogen and oxygen atoms in total. The van der Waals surface area contributed by atoms with E-state index in [0.29, 0.717) is 0 Å². The second-order valence-corrected chi connectivity index (χ2v) is 5.08. The van der Waals surface area contributed by atoms with Crippen LogP contribution in [0.4, 0.5) is 0 Å². The molecule has 0 aliphatic carbocycles. The molecule has 0 aliphatic rings. The van der Waals surface area contributed by atoms with E-state index in [1.165, 1.54) is 10.4 Å². The van der Waals surface area contributed by atoms with Crippen molar-refractivity contribution in [3.8, 4) is 11.1 Å². The fraction of sp³-hybridized carbons (Fsp3) is 0.0625. The highest BCUT2D eigenvalue weighted by atomic mass is 35.5. The molecule has 20 heavy (non-hydrogen) atoms. The third-order valence-corrected chi connectivity index (χ3v) is 3.43. The zero-order valence-electron chi connectivity index (χ0n) is 10.8. The van der Waals surface area contributed by atoms with Gasteiger partial charge < -0.3 is 5.84 Å². The molecular formula is C16H14ClN3. The van der Waals surface area contributed by atoms with E-state index >= 15 is 0 Å². The Balaban J connectivity index is 1.98. The Labute approximate surface area is 122 Å². The lowest BCUT2D eigenvalue weighted by Crippen LogP contribution is -2.08. The molecule has 1 aromatic heterocycles. The summed E-state index contributed by atoms with van der Waals surface area (Å²) in [4.78, 5) is 1.36. The molecule has 3 aromatic rings. The number of hydrogen-bond donors (Lipinski definition) is 1. The van der Waals surface area contributed by atoms with Crippen molar-refractivity contribution in [1.82, 2.24) is 9.89 Å². The van der Waals surface area contributed by atoms with Gasteiger partial charge in [0.25, 0.3) is 0 Å². The van der Waals surface area contributed by atoms with Crippen molar-refractivity contribution in [2.45, 2.75) is 6.42 Å². The zero-order valence-corrected chi connectivity index (χ0v) is 11.6. The van der Waals surface area contributed by atoms with Gasteiger partial charge in [0.1, 0.15) is 0 Å². The number of hydrogen-bond acceptors (Lipinski definition) is 2. The van der Waals surface area contributed by atoms with Gasteiger partial charge in [-0.05, 0) is 23.3 Å². The molecular weight excluding hydrogens is 270 g/mol. The first kappa shape index (κ1) is 12.8. The molecule has 0 bridgehead atoms. The second-order valence-electron chi connectivity index (χ2n) is 4.64. The highest BCUT2D eigenvalue weighted by molar-refractivity contribution is 6.30. The van der Waals surface area contributed by atoms with Gasteiger partial charge in [0.2, 0.25) is 0 Å². The van der Waals surface area contributed by atoms with Crippen LogP contribution in [0.1, 0.15) is 11.3 Å². The molecule has 3 rings (SSSR count). The number of nitrogens with two attached hydrogens (primary N) is 1. The van der Waals surface area contributed by atoms with Crippen LogP contribution in [0.5, 0.6) is 0 Å². The van der Waals surface area contributed by atoms with E-state index in [9.17, 15) is 0 Å². The normalized spacial score (nSPS) is 10.7. The molecule has 100 valence electrons. The molecule has 1 heterocycles. The molecule has 4 heteroatoms. The standard InChI is InChI=1S/C16H14ClN3/c17-14-8-6-13(7-9-14)15-11-20(18)19-16(15)10-12-4-2-1-3-5-12/h1-9,11H,10,18H2. The van der Waals surface area contributed by atoms with Crippen molar-refractivity contribution >= 4 is 11.6 Å². The molecule has 0 saturated heterocycles. The Morgan fingerprint density at radius 2 is 1.70 bits per heavy atom. The predicted molar refractivity (Wildman–Crippen MR) is 82.1 cm³/mol. The van der Waals surface area contributed by atoms with Gasteiger partial charge in [-0.2, -0.15) is 9.89 Å². The number of aromatic nitrogens is 2. The molecule has 2 N–H and O–H groups in total. The molecule has 0 aliphatic heterocycles. The van der Waals surface area contributed by atoms with Crippen molar-refractivity contribution < 1.29 is 0 Å². The van der Waals surface area contributed by atoms with E-state index in [4.69, 9.17) is 17.4 Å². The van der Waals surface area contributed by atoms with E-state index in [1.54, 1.807) is 0 Å². The van der Waals surface area contributed by atoms with Crippen LogP contribution in [0.3, 0.4) is 0 Å². The van der Waals surface area contributed by atoms with Gasteiger partial charge in [-0.1, -0.05) is 54.1 Å². The molecule has 0 unspecified atom stereocenters. The molecule has 0 spiro atoms. The molecule has 0 amide bonds. The van der Waals surface area contributed by atoms with Crippen molar-refractivity contribution in [1.29, 1.82) is 0 Å². The number of rotatable bonds is 3. The molecule has 0 radical (unpaired) electrons. The zero-order chi connectivity index (χ0) is 13.9. The van der Waals surface area contributed by atoms with Gasteiger partial charge in [0.15, 0.2) is 0 Å². The van der Waals surface area contributed by atoms with E-state index in [0.717, 1.165) is 28.3 Å². The van der Waals surface area contributed by atoms with Gasteiger partial charge in [-0.3, -0.25) is 0 Å². The number of benzene rings is 2. The van der Waals surface area contributed by atoms with Crippen LogP contribution < -0.4 is 5.84 Å². The summed E-state index contributed by atoms with van der Waals surface area (Å²) >= 11 is 5.93. The minimum absolute atomic E-state index is 0.721.